The molecule has 0 fully saturated rings. The summed E-state index contributed by atoms with van der Waals surface area (Å²) >= 11 is 0. The van der Waals surface area contributed by atoms with Gasteiger partial charge in [0, 0.05) is 11.1 Å². The van der Waals surface area contributed by atoms with Crippen LogP contribution in [0.15, 0.2) is 34.9 Å². The summed E-state index contributed by atoms with van der Waals surface area (Å²) in [4.78, 5) is 0. The molecule has 1 aromatic heterocycles. The number of benzene rings is 1. The van der Waals surface area contributed by atoms with Crippen LogP contribution in [0.2, 0.25) is 0 Å². The molecule has 0 spiro atoms. The van der Waals surface area contributed by atoms with Gasteiger partial charge in [-0.05, 0) is 31.2 Å². The zero-order chi connectivity index (χ0) is 10.8. The molecule has 0 atom stereocenters. The molecule has 78 valence electrons. The minimum Gasteiger partial charge on any atom is -0.508 e. The standard InChI is InChI=1S/C12H12O3/c1-8-10(13)6-9(7-12(8)14-2)11-4-3-5-15-11/h3-7,13H,1-2H3. The summed E-state index contributed by atoms with van der Waals surface area (Å²) in [6.07, 6.45) is 1.60. The van der Waals surface area contributed by atoms with Crippen molar-refractivity contribution >= 4 is 0 Å². The van der Waals surface area contributed by atoms with Crippen molar-refractivity contribution in [1.82, 2.24) is 0 Å². The Bertz CT molecular complexity index is 458. The van der Waals surface area contributed by atoms with Crippen molar-refractivity contribution in [2.75, 3.05) is 7.11 Å². The second-order valence-electron chi connectivity index (χ2n) is 3.30. The fourth-order valence-corrected chi connectivity index (χ4v) is 1.47. The maximum absolute atomic E-state index is 9.69. The first kappa shape index (κ1) is 9.65. The molecule has 2 rings (SSSR count). The maximum Gasteiger partial charge on any atom is 0.134 e. The Morgan fingerprint density at radius 3 is 2.73 bits per heavy atom. The van der Waals surface area contributed by atoms with Crippen LogP contribution in [-0.2, 0) is 0 Å². The summed E-state index contributed by atoms with van der Waals surface area (Å²) < 4.78 is 10.4. The molecule has 0 saturated heterocycles. The predicted molar refractivity (Wildman–Crippen MR) is 57.1 cm³/mol. The molecule has 3 heteroatoms. The highest BCUT2D eigenvalue weighted by Gasteiger charge is 2.09. The van der Waals surface area contributed by atoms with E-state index in [-0.39, 0.29) is 5.75 Å². The normalized spacial score (nSPS) is 10.3. The van der Waals surface area contributed by atoms with Gasteiger partial charge in [-0.25, -0.2) is 0 Å². The van der Waals surface area contributed by atoms with Gasteiger partial charge in [0.2, 0.25) is 0 Å². The fraction of sp³-hybridized carbons (Fsp3) is 0.167. The maximum atomic E-state index is 9.69. The molecule has 0 radical (unpaired) electrons. The Hall–Kier alpha value is -1.90. The van der Waals surface area contributed by atoms with Crippen molar-refractivity contribution in [3.63, 3.8) is 0 Å². The quantitative estimate of drug-likeness (QED) is 0.817. The van der Waals surface area contributed by atoms with Crippen LogP contribution in [0.3, 0.4) is 0 Å². The zero-order valence-electron chi connectivity index (χ0n) is 8.65. The van der Waals surface area contributed by atoms with Crippen LogP contribution < -0.4 is 4.74 Å². The van der Waals surface area contributed by atoms with E-state index in [1.54, 1.807) is 32.4 Å². The molecule has 1 N–H and O–H groups in total. The van der Waals surface area contributed by atoms with Gasteiger partial charge in [-0.2, -0.15) is 0 Å². The average molecular weight is 204 g/mol. The number of hydrogen-bond acceptors (Lipinski definition) is 3. The van der Waals surface area contributed by atoms with Crippen molar-refractivity contribution in [1.29, 1.82) is 0 Å². The van der Waals surface area contributed by atoms with Gasteiger partial charge in [-0.1, -0.05) is 0 Å². The van der Waals surface area contributed by atoms with Crippen LogP contribution in [-0.4, -0.2) is 12.2 Å². The monoisotopic (exact) mass is 204 g/mol. The third kappa shape index (κ3) is 1.68. The molecule has 3 nitrogen and oxygen atoms in total. The van der Waals surface area contributed by atoms with Gasteiger partial charge >= 0.3 is 0 Å². The first-order chi connectivity index (χ1) is 7.22. The molecule has 0 saturated carbocycles. The van der Waals surface area contributed by atoms with E-state index in [0.717, 1.165) is 11.1 Å². The third-order valence-corrected chi connectivity index (χ3v) is 2.36. The number of phenolic OH excluding ortho intramolecular Hbond substituents is 1. The highest BCUT2D eigenvalue weighted by molar-refractivity contribution is 5.64. The van der Waals surface area contributed by atoms with E-state index in [1.807, 2.05) is 12.1 Å². The first-order valence-electron chi connectivity index (χ1n) is 4.64. The smallest absolute Gasteiger partial charge is 0.134 e. The van der Waals surface area contributed by atoms with Crippen molar-refractivity contribution < 1.29 is 14.3 Å². The summed E-state index contributed by atoms with van der Waals surface area (Å²) in [6, 6.07) is 7.15. The topological polar surface area (TPSA) is 42.6 Å². The molecule has 0 amide bonds. The Kier molecular flexibility index (Phi) is 2.37. The van der Waals surface area contributed by atoms with E-state index in [0.29, 0.717) is 11.5 Å². The number of aromatic hydroxyl groups is 1. The Morgan fingerprint density at radius 1 is 1.33 bits per heavy atom. The van der Waals surface area contributed by atoms with Crippen molar-refractivity contribution in [3.8, 4) is 22.8 Å². The molecule has 15 heavy (non-hydrogen) atoms. The fourth-order valence-electron chi connectivity index (χ4n) is 1.47. The number of hydrogen-bond donors (Lipinski definition) is 1. The van der Waals surface area contributed by atoms with E-state index in [2.05, 4.69) is 0 Å². The van der Waals surface area contributed by atoms with E-state index < -0.39 is 0 Å². The predicted octanol–water partition coefficient (Wildman–Crippen LogP) is 2.97. The Balaban J connectivity index is 2.55. The van der Waals surface area contributed by atoms with Gasteiger partial charge in [0.25, 0.3) is 0 Å². The largest absolute Gasteiger partial charge is 0.508 e. The van der Waals surface area contributed by atoms with Crippen molar-refractivity contribution in [3.05, 3.63) is 36.1 Å². The minimum absolute atomic E-state index is 0.209. The van der Waals surface area contributed by atoms with Crippen LogP contribution >= 0.6 is 0 Å². The third-order valence-electron chi connectivity index (χ3n) is 2.36. The lowest BCUT2D eigenvalue weighted by molar-refractivity contribution is 0.403. The van der Waals surface area contributed by atoms with Gasteiger partial charge in [-0.3, -0.25) is 0 Å². The number of ether oxygens (including phenoxy) is 1. The molecule has 1 aromatic carbocycles. The van der Waals surface area contributed by atoms with Gasteiger partial charge in [-0.15, -0.1) is 0 Å². The van der Waals surface area contributed by atoms with E-state index in [1.165, 1.54) is 0 Å². The Labute approximate surface area is 87.9 Å². The number of phenols is 1. The van der Waals surface area contributed by atoms with Crippen LogP contribution in [0.5, 0.6) is 11.5 Å². The van der Waals surface area contributed by atoms with Crippen LogP contribution in [0, 0.1) is 6.92 Å². The zero-order valence-corrected chi connectivity index (χ0v) is 8.65. The van der Waals surface area contributed by atoms with Gasteiger partial charge in [0.1, 0.15) is 17.3 Å². The van der Waals surface area contributed by atoms with Crippen LogP contribution in [0.1, 0.15) is 5.56 Å². The minimum atomic E-state index is 0.209. The highest BCUT2D eigenvalue weighted by atomic mass is 16.5. The molecule has 0 unspecified atom stereocenters. The van der Waals surface area contributed by atoms with E-state index >= 15 is 0 Å². The molecule has 0 aliphatic heterocycles. The van der Waals surface area contributed by atoms with Gasteiger partial charge in [0.05, 0.1) is 13.4 Å². The summed E-state index contributed by atoms with van der Waals surface area (Å²) in [7, 11) is 1.58. The number of rotatable bonds is 2. The van der Waals surface area contributed by atoms with Crippen molar-refractivity contribution in [2.24, 2.45) is 0 Å². The summed E-state index contributed by atoms with van der Waals surface area (Å²) in [5.74, 6) is 1.57. The first-order valence-corrected chi connectivity index (χ1v) is 4.64. The molecule has 2 aromatic rings. The molecular formula is C12H12O3. The lowest BCUT2D eigenvalue weighted by atomic mass is 10.1. The summed E-state index contributed by atoms with van der Waals surface area (Å²) in [6.45, 7) is 1.81. The molecule has 0 aliphatic carbocycles. The Morgan fingerprint density at radius 2 is 2.13 bits per heavy atom. The number of methoxy groups -OCH3 is 1. The van der Waals surface area contributed by atoms with E-state index in [9.17, 15) is 5.11 Å². The molecule has 0 bridgehead atoms. The lowest BCUT2D eigenvalue weighted by Crippen LogP contribution is -1.88. The molecular weight excluding hydrogens is 192 g/mol. The van der Waals surface area contributed by atoms with E-state index in [4.69, 9.17) is 9.15 Å². The molecule has 0 aliphatic rings. The van der Waals surface area contributed by atoms with Gasteiger partial charge in [0.15, 0.2) is 0 Å². The summed E-state index contributed by atoms with van der Waals surface area (Å²) in [5, 5.41) is 9.69. The average Bonchev–Trinajstić information content (AvgIpc) is 2.75. The SMILES string of the molecule is COc1cc(-c2ccco2)cc(O)c1C. The number of furan rings is 1. The van der Waals surface area contributed by atoms with Gasteiger partial charge < -0.3 is 14.3 Å². The second-order valence-corrected chi connectivity index (χ2v) is 3.30. The summed E-state index contributed by atoms with van der Waals surface area (Å²) in [5.41, 5.74) is 1.53. The highest BCUT2D eigenvalue weighted by Crippen LogP contribution is 2.33. The van der Waals surface area contributed by atoms with Crippen LogP contribution in [0.25, 0.3) is 11.3 Å². The van der Waals surface area contributed by atoms with Crippen molar-refractivity contribution in [2.45, 2.75) is 6.92 Å². The molecule has 1 heterocycles. The van der Waals surface area contributed by atoms with Crippen LogP contribution in [0.4, 0.5) is 0 Å². The second kappa shape index (κ2) is 3.69. The lowest BCUT2D eigenvalue weighted by Gasteiger charge is -2.08.